The van der Waals surface area contributed by atoms with E-state index in [2.05, 4.69) is 14.1 Å². The van der Waals surface area contributed by atoms with Crippen molar-refractivity contribution in [2.45, 2.75) is 0 Å². The first-order chi connectivity index (χ1) is 7.85. The molecule has 1 amide bonds. The Morgan fingerprint density at radius 2 is 2.00 bits per heavy atom. The van der Waals surface area contributed by atoms with Crippen LogP contribution in [0.2, 0.25) is 0 Å². The first kappa shape index (κ1) is 11.4. The van der Waals surface area contributed by atoms with Crippen molar-refractivity contribution in [3.63, 3.8) is 0 Å². The molecule has 0 aromatic carbocycles. The Bertz CT molecular complexity index is 636. The Hall–Kier alpha value is -2.09. The number of fused-ring (bicyclic) bond motifs is 1. The number of rotatable bonds is 1. The van der Waals surface area contributed by atoms with Crippen LogP contribution in [0.5, 0.6) is 0 Å². The Kier molecular flexibility index (Phi) is 2.50. The molecule has 88 valence electrons. The molecule has 17 heavy (non-hydrogen) atoms. The van der Waals surface area contributed by atoms with Gasteiger partial charge in [0.15, 0.2) is 0 Å². The second kappa shape index (κ2) is 3.74. The molecule has 7 nitrogen and oxygen atoms in total. The highest BCUT2D eigenvalue weighted by molar-refractivity contribution is 7.89. The van der Waals surface area contributed by atoms with Crippen molar-refractivity contribution in [2.75, 3.05) is 6.26 Å². The maximum atomic E-state index is 11.3. The minimum absolute atomic E-state index is 0.00880. The fourth-order valence-corrected chi connectivity index (χ4v) is 1.79. The van der Waals surface area contributed by atoms with Gasteiger partial charge in [-0.15, -0.1) is 0 Å². The maximum absolute atomic E-state index is 11.3. The number of sulfonamides is 1. The second-order valence-corrected chi connectivity index (χ2v) is 4.94. The molecule has 1 aliphatic heterocycles. The van der Waals surface area contributed by atoms with Crippen LogP contribution >= 0.6 is 0 Å². The van der Waals surface area contributed by atoms with Crippen LogP contribution in [0.3, 0.4) is 0 Å². The summed E-state index contributed by atoms with van der Waals surface area (Å²) in [7, 11) is -3.56. The minimum Gasteiger partial charge on any atom is -0.371 e. The van der Waals surface area contributed by atoms with Gasteiger partial charge in [-0.1, -0.05) is 0 Å². The van der Waals surface area contributed by atoms with Crippen LogP contribution in [0.15, 0.2) is 33.2 Å². The second-order valence-electron chi connectivity index (χ2n) is 3.29. The predicted molar refractivity (Wildman–Crippen MR) is 58.4 cm³/mol. The Morgan fingerprint density at radius 1 is 1.29 bits per heavy atom. The summed E-state index contributed by atoms with van der Waals surface area (Å²) < 4.78 is 29.5. The maximum Gasteiger partial charge on any atom is 0.442 e. The first-order valence-corrected chi connectivity index (χ1v) is 6.25. The standard InChI is InChI=1S/C9H6N2O5S/c1-17(14,15)11-5-2-3-7-6(4-5)8(12)16-9(13)10-7/h2-4H,1H3/b11-5+. The van der Waals surface area contributed by atoms with Gasteiger partial charge in [0, 0.05) is 0 Å². The number of allylic oxidation sites excluding steroid dienone is 3. The van der Waals surface area contributed by atoms with E-state index < -0.39 is 22.1 Å². The van der Waals surface area contributed by atoms with Gasteiger partial charge in [0.05, 0.1) is 23.3 Å². The molecule has 8 heteroatoms. The van der Waals surface area contributed by atoms with E-state index in [4.69, 9.17) is 0 Å². The molecule has 1 aliphatic carbocycles. The lowest BCUT2D eigenvalue weighted by molar-refractivity contribution is -0.132. The Balaban J connectivity index is 2.48. The molecule has 0 fully saturated rings. The van der Waals surface area contributed by atoms with Gasteiger partial charge >= 0.3 is 12.1 Å². The van der Waals surface area contributed by atoms with Crippen LogP contribution in [-0.4, -0.2) is 38.2 Å². The molecule has 0 saturated heterocycles. The third kappa shape index (κ3) is 2.53. The molecule has 2 rings (SSSR count). The third-order valence-electron chi connectivity index (χ3n) is 1.86. The third-order valence-corrected chi connectivity index (χ3v) is 2.41. The molecule has 0 aromatic rings. The SMILES string of the molecule is CS(=O)(=O)/N=C1\C=CC2=NC(=O)OC(=O)C2=C1. The van der Waals surface area contributed by atoms with E-state index in [-0.39, 0.29) is 17.0 Å². The molecule has 0 N–H and O–H groups in total. The zero-order valence-electron chi connectivity index (χ0n) is 8.58. The quantitative estimate of drug-likeness (QED) is 0.372. The molecule has 0 saturated carbocycles. The van der Waals surface area contributed by atoms with Crippen LogP contribution in [0.4, 0.5) is 4.79 Å². The Labute approximate surface area is 96.3 Å². The number of carbonyl (C=O) groups excluding carboxylic acids is 2. The summed E-state index contributed by atoms with van der Waals surface area (Å²) in [5.41, 5.74) is 0.223. The molecule has 1 heterocycles. The number of hydrogen-bond acceptors (Lipinski definition) is 5. The van der Waals surface area contributed by atoms with Crippen molar-refractivity contribution in [1.29, 1.82) is 0 Å². The van der Waals surface area contributed by atoms with E-state index in [1.54, 1.807) is 0 Å². The highest BCUT2D eigenvalue weighted by Gasteiger charge is 2.27. The highest BCUT2D eigenvalue weighted by atomic mass is 32.2. The van der Waals surface area contributed by atoms with E-state index in [0.29, 0.717) is 0 Å². The summed E-state index contributed by atoms with van der Waals surface area (Å²) in [5, 5.41) is 0. The minimum atomic E-state index is -3.56. The van der Waals surface area contributed by atoms with Gasteiger partial charge in [0.2, 0.25) is 0 Å². The average molecular weight is 254 g/mol. The zero-order chi connectivity index (χ0) is 12.6. The van der Waals surface area contributed by atoms with Crippen molar-refractivity contribution in [3.05, 3.63) is 23.8 Å². The number of esters is 1. The van der Waals surface area contributed by atoms with E-state index in [1.165, 1.54) is 18.2 Å². The largest absolute Gasteiger partial charge is 0.442 e. The van der Waals surface area contributed by atoms with Gasteiger partial charge in [-0.25, -0.2) is 18.0 Å². The van der Waals surface area contributed by atoms with Crippen LogP contribution in [0.1, 0.15) is 0 Å². The van der Waals surface area contributed by atoms with Gasteiger partial charge in [-0.2, -0.15) is 9.39 Å². The molecule has 0 radical (unpaired) electrons. The molecule has 0 unspecified atom stereocenters. The zero-order valence-corrected chi connectivity index (χ0v) is 9.39. The number of aliphatic imine (C=N–C) groups is 1. The van der Waals surface area contributed by atoms with Crippen molar-refractivity contribution < 1.29 is 22.7 Å². The van der Waals surface area contributed by atoms with E-state index in [9.17, 15) is 18.0 Å². The van der Waals surface area contributed by atoms with Gasteiger partial charge in [-0.3, -0.25) is 0 Å². The van der Waals surface area contributed by atoms with E-state index in [1.807, 2.05) is 0 Å². The first-order valence-electron chi connectivity index (χ1n) is 4.40. The Morgan fingerprint density at radius 3 is 2.65 bits per heavy atom. The molecular weight excluding hydrogens is 248 g/mol. The topological polar surface area (TPSA) is 102 Å². The highest BCUT2D eigenvalue weighted by Crippen LogP contribution is 2.15. The lowest BCUT2D eigenvalue weighted by atomic mass is 10.0. The molecular formula is C9H6N2O5S. The van der Waals surface area contributed by atoms with Crippen LogP contribution in [-0.2, 0) is 19.6 Å². The number of hydrogen-bond donors (Lipinski definition) is 0. The lowest BCUT2D eigenvalue weighted by Crippen LogP contribution is -2.26. The van der Waals surface area contributed by atoms with Gasteiger partial charge in [0.25, 0.3) is 10.0 Å². The molecule has 2 aliphatic rings. The van der Waals surface area contributed by atoms with Crippen molar-refractivity contribution in [3.8, 4) is 0 Å². The summed E-state index contributed by atoms with van der Waals surface area (Å²) in [4.78, 5) is 25.6. The molecule has 0 atom stereocenters. The van der Waals surface area contributed by atoms with Crippen LogP contribution < -0.4 is 0 Å². The molecule has 0 spiro atoms. The fraction of sp³-hybridized carbons (Fsp3) is 0.111. The lowest BCUT2D eigenvalue weighted by Gasteiger charge is -2.13. The number of ether oxygens (including phenoxy) is 1. The smallest absolute Gasteiger partial charge is 0.371 e. The number of amides is 1. The van der Waals surface area contributed by atoms with Gasteiger partial charge in [-0.05, 0) is 18.2 Å². The fourth-order valence-electron chi connectivity index (χ4n) is 1.29. The molecule has 0 aromatic heterocycles. The van der Waals surface area contributed by atoms with Crippen molar-refractivity contribution in [1.82, 2.24) is 0 Å². The van der Waals surface area contributed by atoms with Crippen molar-refractivity contribution >= 4 is 33.5 Å². The van der Waals surface area contributed by atoms with E-state index >= 15 is 0 Å². The van der Waals surface area contributed by atoms with Gasteiger partial charge < -0.3 is 4.74 Å². The van der Waals surface area contributed by atoms with Crippen molar-refractivity contribution in [2.24, 2.45) is 9.39 Å². The van der Waals surface area contributed by atoms with Gasteiger partial charge in [0.1, 0.15) is 0 Å². The summed E-state index contributed by atoms with van der Waals surface area (Å²) in [6, 6.07) is 0. The molecule has 0 bridgehead atoms. The summed E-state index contributed by atoms with van der Waals surface area (Å²) >= 11 is 0. The summed E-state index contributed by atoms with van der Waals surface area (Å²) in [6.07, 6.45) is 3.82. The monoisotopic (exact) mass is 254 g/mol. The summed E-state index contributed by atoms with van der Waals surface area (Å²) in [6.45, 7) is 0. The normalized spacial score (nSPS) is 21.8. The van der Waals surface area contributed by atoms with E-state index in [0.717, 1.165) is 6.26 Å². The van der Waals surface area contributed by atoms with Crippen LogP contribution in [0.25, 0.3) is 0 Å². The number of cyclic esters (lactones) is 2. The van der Waals surface area contributed by atoms with Crippen LogP contribution in [0, 0.1) is 0 Å². The number of carbonyl (C=O) groups is 2. The predicted octanol–water partition coefficient (Wildman–Crippen LogP) is 0.00100. The summed E-state index contributed by atoms with van der Waals surface area (Å²) in [5.74, 6) is -0.870. The average Bonchev–Trinajstić information content (AvgIpc) is 2.16. The number of nitrogens with zero attached hydrogens (tertiary/aromatic N) is 2.